The van der Waals surface area contributed by atoms with Gasteiger partial charge in [0.05, 0.1) is 18.2 Å². The third-order valence-corrected chi connectivity index (χ3v) is 4.89. The molecule has 0 aromatic heterocycles. The molecule has 1 fully saturated rings. The van der Waals surface area contributed by atoms with Crippen LogP contribution in [-0.2, 0) is 15.7 Å². The molecule has 0 bridgehead atoms. The van der Waals surface area contributed by atoms with Crippen molar-refractivity contribution in [2.75, 3.05) is 19.0 Å². The van der Waals surface area contributed by atoms with E-state index < -0.39 is 29.4 Å². The average molecular weight is 430 g/mol. The molecule has 2 N–H and O–H groups in total. The number of methoxy groups -OCH3 is 1. The molecule has 0 unspecified atom stereocenters. The molecule has 9 heteroatoms. The number of alkyl halides is 3. The van der Waals surface area contributed by atoms with Gasteiger partial charge in [-0.2, -0.15) is 13.2 Å². The van der Waals surface area contributed by atoms with Gasteiger partial charge in [-0.1, -0.05) is 0 Å². The summed E-state index contributed by atoms with van der Waals surface area (Å²) in [6, 6.07) is 3.15. The molecule has 0 heterocycles. The highest BCUT2D eigenvalue weighted by Crippen LogP contribution is 2.36. The van der Waals surface area contributed by atoms with Gasteiger partial charge in [0.15, 0.2) is 0 Å². The molecule has 30 heavy (non-hydrogen) atoms. The molecular weight excluding hydrogens is 401 g/mol. The van der Waals surface area contributed by atoms with Gasteiger partial charge in [-0.15, -0.1) is 0 Å². The predicted octanol–water partition coefficient (Wildman–Crippen LogP) is 4.99. The van der Waals surface area contributed by atoms with Crippen molar-refractivity contribution in [2.24, 2.45) is 5.92 Å². The van der Waals surface area contributed by atoms with E-state index in [2.05, 4.69) is 15.4 Å². The minimum absolute atomic E-state index is 0.00973. The highest BCUT2D eigenvalue weighted by molar-refractivity contribution is 5.90. The zero-order valence-electron chi connectivity index (χ0n) is 17.7. The number of amides is 1. The number of anilines is 1. The minimum Gasteiger partial charge on any atom is -0.465 e. The van der Waals surface area contributed by atoms with Gasteiger partial charge < -0.3 is 20.1 Å². The largest absolute Gasteiger partial charge is 0.465 e. The summed E-state index contributed by atoms with van der Waals surface area (Å²) < 4.78 is 49.8. The maximum Gasteiger partial charge on any atom is 0.418 e. The van der Waals surface area contributed by atoms with Crippen molar-refractivity contribution in [3.8, 4) is 0 Å². The van der Waals surface area contributed by atoms with E-state index in [9.17, 15) is 22.8 Å². The molecule has 168 valence electrons. The number of halogens is 3. The fraction of sp³-hybridized carbons (Fsp3) is 0.619. The summed E-state index contributed by atoms with van der Waals surface area (Å²) in [4.78, 5) is 23.5. The van der Waals surface area contributed by atoms with Crippen LogP contribution in [-0.4, -0.2) is 37.4 Å². The van der Waals surface area contributed by atoms with Crippen LogP contribution in [0.15, 0.2) is 18.2 Å². The van der Waals surface area contributed by atoms with Crippen LogP contribution >= 0.6 is 0 Å². The summed E-state index contributed by atoms with van der Waals surface area (Å²) in [5.41, 5.74) is -1.48. The highest BCUT2D eigenvalue weighted by atomic mass is 19.4. The summed E-state index contributed by atoms with van der Waals surface area (Å²) in [5.74, 6) is -0.537. The third-order valence-electron chi connectivity index (χ3n) is 4.89. The second-order valence-electron chi connectivity index (χ2n) is 8.49. The molecular formula is C21H29F3N2O4. The fourth-order valence-electron chi connectivity index (χ4n) is 3.42. The van der Waals surface area contributed by atoms with E-state index in [1.165, 1.54) is 13.2 Å². The maximum absolute atomic E-state index is 13.3. The van der Waals surface area contributed by atoms with E-state index in [1.807, 2.05) is 0 Å². The van der Waals surface area contributed by atoms with E-state index in [1.54, 1.807) is 20.8 Å². The van der Waals surface area contributed by atoms with E-state index >= 15 is 0 Å². The molecule has 0 spiro atoms. The summed E-state index contributed by atoms with van der Waals surface area (Å²) in [6.07, 6.45) is -2.04. The number of carbonyl (C=O) groups is 2. The summed E-state index contributed by atoms with van der Waals surface area (Å²) in [6.45, 7) is 5.71. The van der Waals surface area contributed by atoms with E-state index in [-0.39, 0.29) is 23.2 Å². The van der Waals surface area contributed by atoms with Crippen LogP contribution in [0.25, 0.3) is 0 Å². The first-order chi connectivity index (χ1) is 13.9. The third kappa shape index (κ3) is 7.11. The lowest BCUT2D eigenvalue weighted by molar-refractivity contribution is -0.137. The second-order valence-corrected chi connectivity index (χ2v) is 8.49. The fourth-order valence-corrected chi connectivity index (χ4v) is 3.42. The smallest absolute Gasteiger partial charge is 0.418 e. The average Bonchev–Trinajstić information content (AvgIpc) is 2.64. The summed E-state index contributed by atoms with van der Waals surface area (Å²) in [7, 11) is 1.18. The molecule has 1 aromatic carbocycles. The monoisotopic (exact) mass is 430 g/mol. The predicted molar refractivity (Wildman–Crippen MR) is 106 cm³/mol. The van der Waals surface area contributed by atoms with Crippen LogP contribution in [0.4, 0.5) is 23.7 Å². The number of carbonyl (C=O) groups excluding carboxylic acids is 2. The van der Waals surface area contributed by atoms with Gasteiger partial charge in [0, 0.05) is 18.3 Å². The number of esters is 1. The lowest BCUT2D eigenvalue weighted by Crippen LogP contribution is -2.41. The topological polar surface area (TPSA) is 76.7 Å². The molecule has 1 aliphatic rings. The van der Waals surface area contributed by atoms with Gasteiger partial charge in [0.25, 0.3) is 0 Å². The van der Waals surface area contributed by atoms with Gasteiger partial charge in [0.1, 0.15) is 5.60 Å². The Kier molecular flexibility index (Phi) is 7.60. The van der Waals surface area contributed by atoms with Crippen LogP contribution in [0.1, 0.15) is 62.4 Å². The summed E-state index contributed by atoms with van der Waals surface area (Å²) in [5, 5.41) is 5.70. The zero-order chi connectivity index (χ0) is 22.5. The number of alkyl carbamates (subject to hydrolysis) is 1. The Balaban J connectivity index is 1.93. The number of ether oxygens (including phenoxy) is 2. The number of hydrogen-bond acceptors (Lipinski definition) is 5. The number of rotatable bonds is 5. The lowest BCUT2D eigenvalue weighted by atomic mass is 9.86. The van der Waals surface area contributed by atoms with Crippen molar-refractivity contribution < 1.29 is 32.2 Å². The Labute approximate surface area is 174 Å². The molecule has 2 rings (SSSR count). The number of hydrogen-bond donors (Lipinski definition) is 2. The van der Waals surface area contributed by atoms with Crippen molar-refractivity contribution in [1.82, 2.24) is 5.32 Å². The van der Waals surface area contributed by atoms with Gasteiger partial charge in [-0.25, -0.2) is 9.59 Å². The Morgan fingerprint density at radius 2 is 1.73 bits per heavy atom. The van der Waals surface area contributed by atoms with E-state index in [4.69, 9.17) is 4.74 Å². The van der Waals surface area contributed by atoms with Crippen molar-refractivity contribution in [1.29, 1.82) is 0 Å². The first-order valence-corrected chi connectivity index (χ1v) is 9.92. The SMILES string of the molecule is COC(=O)c1ccc(C(F)(F)F)c(NCC2CCC(NC(=O)OC(C)(C)C)CC2)c1. The Morgan fingerprint density at radius 3 is 2.27 bits per heavy atom. The van der Waals surface area contributed by atoms with Gasteiger partial charge >= 0.3 is 18.2 Å². The normalized spacial score (nSPS) is 19.7. The Bertz CT molecular complexity index is 752. The first-order valence-electron chi connectivity index (χ1n) is 9.92. The van der Waals surface area contributed by atoms with Crippen molar-refractivity contribution in [3.63, 3.8) is 0 Å². The lowest BCUT2D eigenvalue weighted by Gasteiger charge is -2.30. The molecule has 0 radical (unpaired) electrons. The van der Waals surface area contributed by atoms with Gasteiger partial charge in [-0.05, 0) is 70.6 Å². The quantitative estimate of drug-likeness (QED) is 0.644. The number of nitrogens with one attached hydrogen (secondary N) is 2. The Hall–Kier alpha value is -2.45. The van der Waals surface area contributed by atoms with Crippen LogP contribution in [0.2, 0.25) is 0 Å². The van der Waals surface area contributed by atoms with E-state index in [0.717, 1.165) is 37.8 Å². The van der Waals surface area contributed by atoms with Crippen LogP contribution in [0.5, 0.6) is 0 Å². The Morgan fingerprint density at radius 1 is 1.10 bits per heavy atom. The highest BCUT2D eigenvalue weighted by Gasteiger charge is 2.34. The number of benzene rings is 1. The van der Waals surface area contributed by atoms with Gasteiger partial charge in [0.2, 0.25) is 0 Å². The van der Waals surface area contributed by atoms with Crippen molar-refractivity contribution in [3.05, 3.63) is 29.3 Å². The molecule has 6 nitrogen and oxygen atoms in total. The maximum atomic E-state index is 13.3. The van der Waals surface area contributed by atoms with Crippen LogP contribution in [0.3, 0.4) is 0 Å². The van der Waals surface area contributed by atoms with Crippen LogP contribution < -0.4 is 10.6 Å². The molecule has 0 aliphatic heterocycles. The zero-order valence-corrected chi connectivity index (χ0v) is 17.7. The van der Waals surface area contributed by atoms with E-state index in [0.29, 0.717) is 6.54 Å². The van der Waals surface area contributed by atoms with Crippen molar-refractivity contribution in [2.45, 2.75) is 64.3 Å². The molecule has 0 atom stereocenters. The molecule has 1 aromatic rings. The molecule has 1 amide bonds. The van der Waals surface area contributed by atoms with Crippen molar-refractivity contribution >= 4 is 17.7 Å². The first kappa shape index (κ1) is 23.8. The van der Waals surface area contributed by atoms with Gasteiger partial charge in [-0.3, -0.25) is 0 Å². The molecule has 0 saturated heterocycles. The molecule has 1 aliphatic carbocycles. The minimum atomic E-state index is -4.54. The van der Waals surface area contributed by atoms with Crippen LogP contribution in [0, 0.1) is 5.92 Å². The second kappa shape index (κ2) is 9.57. The summed E-state index contributed by atoms with van der Waals surface area (Å²) >= 11 is 0. The standard InChI is InChI=1S/C21H29F3N2O4/c1-20(2,3)30-19(28)26-15-8-5-13(6-9-15)12-25-17-11-14(18(27)29-4)7-10-16(17)21(22,23)24/h7,10-11,13,15,25H,5-6,8-9,12H2,1-4H3,(H,26,28). The molecule has 1 saturated carbocycles.